The van der Waals surface area contributed by atoms with Crippen molar-refractivity contribution in [2.45, 2.75) is 0 Å². The van der Waals surface area contributed by atoms with E-state index in [1.54, 1.807) is 0 Å². The molecule has 4 heterocycles. The van der Waals surface area contributed by atoms with Gasteiger partial charge in [-0.3, -0.25) is 0 Å². The number of hydrogen-bond donors (Lipinski definition) is 0. The van der Waals surface area contributed by atoms with Crippen molar-refractivity contribution in [3.05, 3.63) is 140 Å². The quantitative estimate of drug-likeness (QED) is 0.176. The highest BCUT2D eigenvalue weighted by Gasteiger charge is 2.46. The molecule has 0 saturated carbocycles. The normalized spacial score (nSPS) is 13.1. The van der Waals surface area contributed by atoms with E-state index in [-0.39, 0.29) is 6.71 Å². The second-order valence-corrected chi connectivity index (χ2v) is 12.4. The van der Waals surface area contributed by atoms with Gasteiger partial charge >= 0.3 is 0 Å². The SMILES string of the molecule is c1cc2c3c(c1)Oc1cc(-c4ccc5c(c4)oc4ccccc4c4ccccc4c4ccccc54)cc4c1B3c1c(cccc1O4)O2. The molecule has 0 atom stereocenters. The van der Waals surface area contributed by atoms with E-state index in [0.29, 0.717) is 0 Å². The van der Waals surface area contributed by atoms with Crippen LogP contribution in [-0.2, 0) is 0 Å². The monoisotopic (exact) mass is 602 g/mol. The van der Waals surface area contributed by atoms with Crippen LogP contribution in [0.2, 0.25) is 0 Å². The minimum Gasteiger partial charge on any atom is -0.458 e. The molecule has 0 aliphatic carbocycles. The maximum atomic E-state index is 6.87. The van der Waals surface area contributed by atoms with Gasteiger partial charge in [0.2, 0.25) is 0 Å². The van der Waals surface area contributed by atoms with Crippen LogP contribution >= 0.6 is 0 Å². The van der Waals surface area contributed by atoms with Gasteiger partial charge in [0.1, 0.15) is 45.7 Å². The molecule has 218 valence electrons. The lowest BCUT2D eigenvalue weighted by Gasteiger charge is -2.37. The van der Waals surface area contributed by atoms with Crippen molar-refractivity contribution >= 4 is 66.6 Å². The Labute approximate surface area is 269 Å². The Morgan fingerprint density at radius 2 is 0.766 bits per heavy atom. The maximum absolute atomic E-state index is 6.87. The molecule has 3 aliphatic heterocycles. The van der Waals surface area contributed by atoms with E-state index in [2.05, 4.69) is 97.1 Å². The highest BCUT2D eigenvalue weighted by Crippen LogP contribution is 2.44. The highest BCUT2D eigenvalue weighted by atomic mass is 16.5. The molecule has 3 aliphatic rings. The van der Waals surface area contributed by atoms with Crippen LogP contribution in [0.25, 0.3) is 54.6 Å². The van der Waals surface area contributed by atoms with Crippen molar-refractivity contribution in [1.29, 1.82) is 0 Å². The summed E-state index contributed by atoms with van der Waals surface area (Å²) >= 11 is 0. The van der Waals surface area contributed by atoms with Gasteiger partial charge < -0.3 is 18.6 Å². The third-order valence-corrected chi connectivity index (χ3v) is 9.83. The summed E-state index contributed by atoms with van der Waals surface area (Å²) in [7, 11) is 0. The fraction of sp³-hybridized carbons (Fsp3) is 0. The second-order valence-electron chi connectivity index (χ2n) is 12.4. The van der Waals surface area contributed by atoms with Gasteiger partial charge in [-0.15, -0.1) is 0 Å². The predicted molar refractivity (Wildman–Crippen MR) is 190 cm³/mol. The van der Waals surface area contributed by atoms with Crippen LogP contribution in [0, 0.1) is 0 Å². The highest BCUT2D eigenvalue weighted by molar-refractivity contribution is 6.99. The van der Waals surface area contributed by atoms with E-state index in [1.807, 2.05) is 42.5 Å². The Hall–Kier alpha value is -6.20. The number of ether oxygens (including phenoxy) is 3. The van der Waals surface area contributed by atoms with Gasteiger partial charge in [-0.1, -0.05) is 84.9 Å². The Morgan fingerprint density at radius 3 is 1.34 bits per heavy atom. The van der Waals surface area contributed by atoms with Crippen molar-refractivity contribution in [3.8, 4) is 45.6 Å². The maximum Gasteiger partial charge on any atom is 0.270 e. The molecule has 8 aromatic rings. The van der Waals surface area contributed by atoms with Crippen LogP contribution < -0.4 is 30.6 Å². The Kier molecular flexibility index (Phi) is 4.89. The number of benzene rings is 7. The first-order valence-electron chi connectivity index (χ1n) is 15.9. The number of para-hydroxylation sites is 1. The minimum absolute atomic E-state index is 0.0137. The van der Waals surface area contributed by atoms with E-state index < -0.39 is 0 Å². The number of hydrogen-bond acceptors (Lipinski definition) is 4. The Morgan fingerprint density at radius 1 is 0.319 bits per heavy atom. The molecule has 0 unspecified atom stereocenters. The van der Waals surface area contributed by atoms with Crippen LogP contribution in [0.4, 0.5) is 0 Å². The summed E-state index contributed by atoms with van der Waals surface area (Å²) in [4.78, 5) is 0. The summed E-state index contributed by atoms with van der Waals surface area (Å²) in [5.41, 5.74) is 6.75. The van der Waals surface area contributed by atoms with Crippen molar-refractivity contribution in [2.75, 3.05) is 0 Å². The number of rotatable bonds is 1. The van der Waals surface area contributed by atoms with E-state index in [4.69, 9.17) is 18.6 Å². The average Bonchev–Trinajstić information content (AvgIpc) is 3.16. The summed E-state index contributed by atoms with van der Waals surface area (Å²) in [6.45, 7) is -0.0137. The molecule has 4 nitrogen and oxygen atoms in total. The number of fused-ring (bicyclic) bond motifs is 7. The van der Waals surface area contributed by atoms with Crippen LogP contribution in [0.5, 0.6) is 34.5 Å². The van der Waals surface area contributed by atoms with Crippen LogP contribution in [0.15, 0.2) is 144 Å². The molecule has 0 fully saturated rings. The summed E-state index contributed by atoms with van der Waals surface area (Å²) < 4.78 is 26.4. The summed E-state index contributed by atoms with van der Waals surface area (Å²) in [6, 6.07) is 48.2. The van der Waals surface area contributed by atoms with Gasteiger partial charge in [0.05, 0.1) is 0 Å². The lowest BCUT2D eigenvalue weighted by molar-refractivity contribution is 0.443. The Bertz CT molecular complexity index is 2670. The molecule has 5 heteroatoms. The van der Waals surface area contributed by atoms with Crippen molar-refractivity contribution in [1.82, 2.24) is 0 Å². The third-order valence-electron chi connectivity index (χ3n) is 9.83. The molecular weight excluding hydrogens is 579 g/mol. The van der Waals surface area contributed by atoms with Crippen LogP contribution in [-0.4, -0.2) is 6.71 Å². The van der Waals surface area contributed by atoms with E-state index in [9.17, 15) is 0 Å². The van der Waals surface area contributed by atoms with Crippen molar-refractivity contribution in [3.63, 3.8) is 0 Å². The van der Waals surface area contributed by atoms with Crippen LogP contribution in [0.3, 0.4) is 0 Å². The lowest BCUT2D eigenvalue weighted by Crippen LogP contribution is -2.59. The van der Waals surface area contributed by atoms with Gasteiger partial charge in [-0.05, 0) is 87.3 Å². The Balaban J connectivity index is 1.19. The summed E-state index contributed by atoms with van der Waals surface area (Å²) in [6.07, 6.45) is 0. The zero-order valence-electron chi connectivity index (χ0n) is 25.0. The van der Waals surface area contributed by atoms with Crippen molar-refractivity contribution < 1.29 is 18.6 Å². The predicted octanol–water partition coefficient (Wildman–Crippen LogP) is 9.52. The largest absolute Gasteiger partial charge is 0.458 e. The molecule has 0 spiro atoms. The molecule has 1 aromatic heterocycles. The first-order valence-corrected chi connectivity index (χ1v) is 15.9. The molecule has 7 aromatic carbocycles. The molecule has 0 amide bonds. The smallest absolute Gasteiger partial charge is 0.270 e. The standard InChI is InChI=1S/C42H23BO4/c1-3-11-28-26(9-1)27-10-2-4-12-29(27)31-20-19-24(21-37(31)44-32-14-6-5-13-30(28)32)25-22-38-42-39(23-25)47-36-18-8-16-34-41(36)43(42)40-33(45-34)15-7-17-35(40)46-38/h1-23H. The van der Waals surface area contributed by atoms with E-state index >= 15 is 0 Å². The average molecular weight is 602 g/mol. The first-order chi connectivity index (χ1) is 23.3. The van der Waals surface area contributed by atoms with Crippen molar-refractivity contribution in [2.24, 2.45) is 0 Å². The van der Waals surface area contributed by atoms with Crippen LogP contribution in [0.1, 0.15) is 0 Å². The minimum atomic E-state index is -0.0137. The third kappa shape index (κ3) is 3.48. The molecule has 11 rings (SSSR count). The first kappa shape index (κ1) is 25.0. The molecule has 0 N–H and O–H groups in total. The molecular formula is C42H23BO4. The zero-order valence-corrected chi connectivity index (χ0v) is 25.0. The van der Waals surface area contributed by atoms with Gasteiger partial charge in [0, 0.05) is 27.2 Å². The van der Waals surface area contributed by atoms with Gasteiger partial charge in [-0.2, -0.15) is 0 Å². The second kappa shape index (κ2) is 9.18. The zero-order chi connectivity index (χ0) is 30.6. The molecule has 0 saturated heterocycles. The van der Waals surface area contributed by atoms with E-state index in [0.717, 1.165) is 94.7 Å². The summed E-state index contributed by atoms with van der Waals surface area (Å²) in [5, 5.41) is 6.72. The summed E-state index contributed by atoms with van der Waals surface area (Å²) in [5.74, 6) is 4.89. The fourth-order valence-electron chi connectivity index (χ4n) is 7.79. The molecule has 0 bridgehead atoms. The van der Waals surface area contributed by atoms with Gasteiger partial charge in [0.15, 0.2) is 0 Å². The van der Waals surface area contributed by atoms with Gasteiger partial charge in [-0.25, -0.2) is 0 Å². The fourth-order valence-corrected chi connectivity index (χ4v) is 7.79. The van der Waals surface area contributed by atoms with E-state index in [1.165, 1.54) is 10.8 Å². The van der Waals surface area contributed by atoms with Gasteiger partial charge in [0.25, 0.3) is 6.71 Å². The lowest BCUT2D eigenvalue weighted by atomic mass is 9.34. The topological polar surface area (TPSA) is 40.8 Å². The molecule has 47 heavy (non-hydrogen) atoms. The molecule has 0 radical (unpaired) electrons.